The first-order valence-corrected chi connectivity index (χ1v) is 14.7. The summed E-state index contributed by atoms with van der Waals surface area (Å²) in [4.78, 5) is 0. The van der Waals surface area contributed by atoms with Gasteiger partial charge in [-0.05, 0) is 65.7 Å². The minimum Gasteiger partial charge on any atom is -0.456 e. The molecule has 45 heavy (non-hydrogen) atoms. The number of fused-ring (bicyclic) bond motifs is 9. The van der Waals surface area contributed by atoms with Gasteiger partial charge in [0.05, 0.1) is 33.0 Å². The van der Waals surface area contributed by atoms with Crippen molar-refractivity contribution in [2.45, 2.75) is 0 Å². The van der Waals surface area contributed by atoms with Gasteiger partial charge in [-0.25, -0.2) is 0 Å². The van der Waals surface area contributed by atoms with Gasteiger partial charge in [-0.15, -0.1) is 0 Å². The largest absolute Gasteiger partial charge is 0.456 e. The van der Waals surface area contributed by atoms with Crippen LogP contribution in [0.4, 0.5) is 0 Å². The molecular weight excluding hydrogens is 548 g/mol. The van der Waals surface area contributed by atoms with Crippen molar-refractivity contribution in [1.29, 1.82) is 0 Å². The summed E-state index contributed by atoms with van der Waals surface area (Å²) >= 11 is 0. The minimum absolute atomic E-state index is 0.0761. The lowest BCUT2D eigenvalue weighted by Gasteiger charge is -2.13. The molecule has 210 valence electrons. The van der Waals surface area contributed by atoms with Crippen molar-refractivity contribution >= 4 is 65.6 Å². The van der Waals surface area contributed by atoms with Crippen LogP contribution >= 0.6 is 0 Å². The van der Waals surface area contributed by atoms with Crippen molar-refractivity contribution in [1.82, 2.24) is 9.13 Å². The molecule has 0 spiro atoms. The van der Waals surface area contributed by atoms with E-state index in [9.17, 15) is 2.74 Å². The van der Waals surface area contributed by atoms with E-state index in [0.717, 1.165) is 21.5 Å². The van der Waals surface area contributed by atoms with E-state index in [4.69, 9.17) is 12.6 Å². The summed E-state index contributed by atoms with van der Waals surface area (Å²) in [5.74, 6) is 0. The van der Waals surface area contributed by atoms with Gasteiger partial charge in [0, 0.05) is 43.7 Å². The maximum Gasteiger partial charge on any atom is 0.136 e. The van der Waals surface area contributed by atoms with Crippen molar-refractivity contribution in [3.8, 4) is 22.5 Å². The molecule has 3 nitrogen and oxygen atoms in total. The molecule has 0 amide bonds. The highest BCUT2D eigenvalue weighted by atomic mass is 16.3. The Morgan fingerprint density at radius 3 is 2.02 bits per heavy atom. The van der Waals surface area contributed by atoms with Crippen LogP contribution < -0.4 is 0 Å². The molecule has 0 saturated heterocycles. The summed E-state index contributed by atoms with van der Waals surface area (Å²) < 4.78 is 81.7. The Labute approximate surface area is 270 Å². The van der Waals surface area contributed by atoms with Gasteiger partial charge in [0.25, 0.3) is 0 Å². The van der Waals surface area contributed by atoms with Gasteiger partial charge in [0.1, 0.15) is 11.2 Å². The lowest BCUT2D eigenvalue weighted by molar-refractivity contribution is 0.669. The number of benzene rings is 7. The number of hydrogen-bond acceptors (Lipinski definition) is 1. The number of hydrogen-bond donors (Lipinski definition) is 0. The van der Waals surface area contributed by atoms with Crippen LogP contribution in [0.3, 0.4) is 0 Å². The second-order valence-electron chi connectivity index (χ2n) is 11.1. The lowest BCUT2D eigenvalue weighted by Crippen LogP contribution is -1.97. The van der Waals surface area contributed by atoms with Gasteiger partial charge in [0.2, 0.25) is 0 Å². The van der Waals surface area contributed by atoms with Crippen LogP contribution in [0.15, 0.2) is 162 Å². The molecular formula is C42H26N2O. The molecule has 3 aromatic heterocycles. The number of nitrogens with zero attached hydrogens (tertiary/aromatic N) is 2. The molecule has 10 rings (SSSR count). The fraction of sp³-hybridized carbons (Fsp3) is 0. The van der Waals surface area contributed by atoms with Crippen LogP contribution in [-0.2, 0) is 0 Å². The van der Waals surface area contributed by atoms with Crippen molar-refractivity contribution < 1.29 is 15.4 Å². The Kier molecular flexibility index (Phi) is 3.67. The van der Waals surface area contributed by atoms with Crippen LogP contribution in [0.25, 0.3) is 88.1 Å². The zero-order valence-corrected chi connectivity index (χ0v) is 23.7. The number of para-hydroxylation sites is 4. The zero-order chi connectivity index (χ0) is 36.4. The van der Waals surface area contributed by atoms with Gasteiger partial charge >= 0.3 is 0 Å². The lowest BCUT2D eigenvalue weighted by atomic mass is 9.99. The highest BCUT2D eigenvalue weighted by molar-refractivity contribution is 6.14. The fourth-order valence-electron chi connectivity index (χ4n) is 6.84. The molecule has 0 N–H and O–H groups in total. The van der Waals surface area contributed by atoms with Gasteiger partial charge in [-0.1, -0.05) is 103 Å². The second kappa shape index (κ2) is 9.22. The average Bonchev–Trinajstić information content (AvgIpc) is 3.84. The predicted molar refractivity (Wildman–Crippen MR) is 188 cm³/mol. The summed E-state index contributed by atoms with van der Waals surface area (Å²) in [5.41, 5.74) is 5.21. The van der Waals surface area contributed by atoms with E-state index in [2.05, 4.69) is 0 Å². The average molecular weight is 583 g/mol. The quantitative estimate of drug-likeness (QED) is 0.203. The van der Waals surface area contributed by atoms with Crippen molar-refractivity contribution in [3.63, 3.8) is 0 Å². The third-order valence-electron chi connectivity index (χ3n) is 8.73. The first-order chi connectivity index (χ1) is 25.7. The summed E-state index contributed by atoms with van der Waals surface area (Å²) in [5, 5.41) is 4.36. The maximum absolute atomic E-state index is 9.77. The van der Waals surface area contributed by atoms with Crippen molar-refractivity contribution in [3.05, 3.63) is 158 Å². The molecule has 0 radical (unpaired) electrons. The molecule has 0 aliphatic rings. The molecule has 7 aromatic carbocycles. The molecule has 0 bridgehead atoms. The Balaban J connectivity index is 1.33. The van der Waals surface area contributed by atoms with Crippen LogP contribution in [0.2, 0.25) is 0 Å². The fourth-order valence-corrected chi connectivity index (χ4v) is 6.84. The van der Waals surface area contributed by atoms with E-state index in [1.165, 1.54) is 0 Å². The number of rotatable bonds is 3. The summed E-state index contributed by atoms with van der Waals surface area (Å²) in [6.07, 6.45) is 0. The van der Waals surface area contributed by atoms with Gasteiger partial charge in [-0.3, -0.25) is 0 Å². The third-order valence-corrected chi connectivity index (χ3v) is 8.73. The summed E-state index contributed by atoms with van der Waals surface area (Å²) in [7, 11) is 0. The molecule has 0 saturated carbocycles. The van der Waals surface area contributed by atoms with E-state index >= 15 is 0 Å². The van der Waals surface area contributed by atoms with Crippen LogP contribution in [0.5, 0.6) is 0 Å². The van der Waals surface area contributed by atoms with Crippen LogP contribution in [0, 0.1) is 0 Å². The smallest absolute Gasteiger partial charge is 0.136 e. The van der Waals surface area contributed by atoms with Crippen LogP contribution in [-0.4, -0.2) is 9.13 Å². The topological polar surface area (TPSA) is 23.0 Å². The summed E-state index contributed by atoms with van der Waals surface area (Å²) in [6.45, 7) is 0. The standard InChI is InChI=1S/C42H26N2O/c1-5-18-36-31(13-1)32-14-2-6-19-37(32)43(36)29-23-24-34-33-15-3-7-20-38(33)44(39(34)26-29)28-12-9-11-27(25-28)30-17-10-22-41-42(30)35-16-4-8-21-40(35)45-41/h1-26H/i1D,5D,9D,11D,12D,13D,18D,25D. The first-order valence-electron chi connectivity index (χ1n) is 18.7. The zero-order valence-electron chi connectivity index (χ0n) is 31.7. The molecule has 3 heterocycles. The van der Waals surface area contributed by atoms with Crippen molar-refractivity contribution in [2.24, 2.45) is 0 Å². The first kappa shape index (κ1) is 17.9. The monoisotopic (exact) mass is 582 g/mol. The molecule has 3 heteroatoms. The van der Waals surface area contributed by atoms with Crippen LogP contribution in [0.1, 0.15) is 11.0 Å². The summed E-state index contributed by atoms with van der Waals surface area (Å²) in [6, 6.07) is 32.2. The third kappa shape index (κ3) is 3.46. The Bertz CT molecular complexity index is 3230. The normalized spacial score (nSPS) is 14.5. The molecule has 0 fully saturated rings. The number of aromatic nitrogens is 2. The molecule has 0 aliphatic carbocycles. The van der Waals surface area contributed by atoms with E-state index < -0.39 is 0 Å². The number of furan rings is 1. The Hall–Kier alpha value is -6.06. The van der Waals surface area contributed by atoms with E-state index in [0.29, 0.717) is 55.3 Å². The van der Waals surface area contributed by atoms with Gasteiger partial charge in [-0.2, -0.15) is 0 Å². The molecule has 0 aliphatic heterocycles. The molecule has 0 atom stereocenters. The van der Waals surface area contributed by atoms with Gasteiger partial charge in [0.15, 0.2) is 0 Å². The van der Waals surface area contributed by atoms with E-state index in [-0.39, 0.29) is 59.6 Å². The predicted octanol–water partition coefficient (Wildman–Crippen LogP) is 11.4. The SMILES string of the molecule is [2H]c1c([2H])c(-c2cccc3oc4ccccc4c23)c([2H])c(-n2c3ccccc3c3ccc(-n4c5ccccc5c5c([2H])c([2H])c([2H])c([2H])c54)cc32)c1[2H]. The second-order valence-corrected chi connectivity index (χ2v) is 11.1. The maximum atomic E-state index is 9.77. The van der Waals surface area contributed by atoms with E-state index in [1.54, 1.807) is 0 Å². The van der Waals surface area contributed by atoms with Gasteiger partial charge < -0.3 is 13.6 Å². The Morgan fingerprint density at radius 2 is 1.16 bits per heavy atom. The van der Waals surface area contributed by atoms with Crippen molar-refractivity contribution in [2.75, 3.05) is 0 Å². The highest BCUT2D eigenvalue weighted by Crippen LogP contribution is 2.40. The highest BCUT2D eigenvalue weighted by Gasteiger charge is 2.17. The van der Waals surface area contributed by atoms with E-state index in [1.807, 2.05) is 118 Å². The molecule has 0 unspecified atom stereocenters. The molecule has 10 aromatic rings. The minimum atomic E-state index is -0.328. The Morgan fingerprint density at radius 1 is 0.467 bits per heavy atom.